The van der Waals surface area contributed by atoms with E-state index in [1.54, 1.807) is 0 Å². The average molecular weight is 288 g/mol. The zero-order valence-corrected chi connectivity index (χ0v) is 13.8. The summed E-state index contributed by atoms with van der Waals surface area (Å²) in [5, 5.41) is 5.90. The third-order valence-corrected chi connectivity index (χ3v) is 4.75. The highest BCUT2D eigenvalue weighted by Crippen LogP contribution is 2.28. The predicted octanol–water partition coefficient (Wildman–Crippen LogP) is 4.87. The summed E-state index contributed by atoms with van der Waals surface area (Å²) in [7, 11) is 0. The van der Waals surface area contributed by atoms with Gasteiger partial charge in [-0.1, -0.05) is 13.0 Å². The van der Waals surface area contributed by atoms with Crippen LogP contribution in [-0.4, -0.2) is 4.98 Å². The van der Waals surface area contributed by atoms with Crippen molar-refractivity contribution >= 4 is 11.3 Å². The van der Waals surface area contributed by atoms with Crippen LogP contribution in [0.3, 0.4) is 0 Å². The molecule has 20 heavy (non-hydrogen) atoms. The lowest BCUT2D eigenvalue weighted by molar-refractivity contribution is 0.458. The first-order chi connectivity index (χ1) is 9.52. The number of rotatable bonds is 5. The van der Waals surface area contributed by atoms with E-state index in [2.05, 4.69) is 68.5 Å². The van der Waals surface area contributed by atoms with Gasteiger partial charge in [-0.3, -0.25) is 4.98 Å². The Morgan fingerprint density at radius 1 is 1.30 bits per heavy atom. The molecular formula is C17H24N2S. The Kier molecular flexibility index (Phi) is 4.95. The predicted molar refractivity (Wildman–Crippen MR) is 87.3 cm³/mol. The summed E-state index contributed by atoms with van der Waals surface area (Å²) in [6.45, 7) is 10.8. The molecule has 0 aliphatic carbocycles. The van der Waals surface area contributed by atoms with Gasteiger partial charge in [0.15, 0.2) is 0 Å². The summed E-state index contributed by atoms with van der Waals surface area (Å²) in [6.07, 6.45) is 1.10. The molecule has 0 bridgehead atoms. The Labute approximate surface area is 126 Å². The Hall–Kier alpha value is -1.19. The second-order valence-corrected chi connectivity index (χ2v) is 6.42. The van der Waals surface area contributed by atoms with Gasteiger partial charge in [0.05, 0.1) is 0 Å². The fourth-order valence-electron chi connectivity index (χ4n) is 2.96. The second-order valence-electron chi connectivity index (χ2n) is 5.44. The van der Waals surface area contributed by atoms with Crippen molar-refractivity contribution < 1.29 is 0 Å². The molecule has 2 aromatic rings. The smallest absolute Gasteiger partial charge is 0.0426 e. The van der Waals surface area contributed by atoms with E-state index in [1.807, 2.05) is 11.3 Å². The third-order valence-electron chi connectivity index (χ3n) is 3.76. The van der Waals surface area contributed by atoms with Crippen molar-refractivity contribution in [1.29, 1.82) is 0 Å². The normalized spacial score (nSPS) is 14.2. The van der Waals surface area contributed by atoms with Crippen LogP contribution < -0.4 is 5.32 Å². The van der Waals surface area contributed by atoms with Gasteiger partial charge in [0.1, 0.15) is 0 Å². The van der Waals surface area contributed by atoms with Crippen molar-refractivity contribution in [3.63, 3.8) is 0 Å². The molecule has 2 rings (SSSR count). The van der Waals surface area contributed by atoms with Gasteiger partial charge in [0.25, 0.3) is 0 Å². The molecule has 0 saturated carbocycles. The maximum atomic E-state index is 4.61. The van der Waals surface area contributed by atoms with Crippen LogP contribution in [0.5, 0.6) is 0 Å². The fraction of sp³-hybridized carbons (Fsp3) is 0.471. The number of hydrogen-bond acceptors (Lipinski definition) is 3. The van der Waals surface area contributed by atoms with E-state index < -0.39 is 0 Å². The summed E-state index contributed by atoms with van der Waals surface area (Å²) in [5.74, 6) is 0. The van der Waals surface area contributed by atoms with Gasteiger partial charge >= 0.3 is 0 Å². The van der Waals surface area contributed by atoms with E-state index in [9.17, 15) is 0 Å². The molecule has 2 nitrogen and oxygen atoms in total. The van der Waals surface area contributed by atoms with Gasteiger partial charge in [-0.15, -0.1) is 11.3 Å². The Morgan fingerprint density at radius 3 is 2.60 bits per heavy atom. The van der Waals surface area contributed by atoms with E-state index in [0.29, 0.717) is 12.1 Å². The van der Waals surface area contributed by atoms with Gasteiger partial charge in [-0.25, -0.2) is 0 Å². The maximum absolute atomic E-state index is 4.61. The monoisotopic (exact) mass is 288 g/mol. The van der Waals surface area contributed by atoms with Gasteiger partial charge in [0.2, 0.25) is 0 Å². The standard InChI is InChI=1S/C17H24N2S/c1-6-15(16-8-7-9-20-16)19-14(5)17-11(2)10-12(3)18-13(17)4/h7-10,14-15,19H,6H2,1-5H3. The first-order valence-corrected chi connectivity index (χ1v) is 8.15. The molecule has 1 N–H and O–H groups in total. The molecule has 2 unspecified atom stereocenters. The van der Waals surface area contributed by atoms with Crippen LogP contribution >= 0.6 is 11.3 Å². The molecule has 0 fully saturated rings. The zero-order chi connectivity index (χ0) is 14.7. The van der Waals surface area contributed by atoms with Crippen molar-refractivity contribution in [1.82, 2.24) is 10.3 Å². The molecule has 2 atom stereocenters. The number of nitrogens with one attached hydrogen (secondary N) is 1. The molecule has 2 aromatic heterocycles. The van der Waals surface area contributed by atoms with Crippen molar-refractivity contribution in [2.45, 2.75) is 53.1 Å². The Balaban J connectivity index is 2.21. The van der Waals surface area contributed by atoms with E-state index in [-0.39, 0.29) is 0 Å². The first-order valence-electron chi connectivity index (χ1n) is 7.27. The summed E-state index contributed by atoms with van der Waals surface area (Å²) in [6, 6.07) is 7.25. The molecule has 3 heteroatoms. The van der Waals surface area contributed by atoms with Crippen molar-refractivity contribution in [2.24, 2.45) is 0 Å². The topological polar surface area (TPSA) is 24.9 Å². The van der Waals surface area contributed by atoms with Crippen LogP contribution in [0, 0.1) is 20.8 Å². The average Bonchev–Trinajstić information content (AvgIpc) is 2.88. The molecule has 0 aliphatic heterocycles. The van der Waals surface area contributed by atoms with Gasteiger partial charge in [-0.05, 0) is 62.8 Å². The Morgan fingerprint density at radius 2 is 2.05 bits per heavy atom. The van der Waals surface area contributed by atoms with Crippen LogP contribution in [0.1, 0.15) is 59.7 Å². The fourth-order valence-corrected chi connectivity index (χ4v) is 3.83. The minimum atomic E-state index is 0.315. The minimum Gasteiger partial charge on any atom is -0.303 e. The zero-order valence-electron chi connectivity index (χ0n) is 13.0. The van der Waals surface area contributed by atoms with Crippen molar-refractivity contribution in [3.05, 3.63) is 51.0 Å². The number of aromatic nitrogens is 1. The third kappa shape index (κ3) is 3.28. The second kappa shape index (κ2) is 6.51. The molecule has 0 spiro atoms. The molecule has 0 aliphatic rings. The summed E-state index contributed by atoms with van der Waals surface area (Å²) in [4.78, 5) is 6.03. The van der Waals surface area contributed by atoms with Crippen LogP contribution in [0.15, 0.2) is 23.6 Å². The molecule has 108 valence electrons. The number of hydrogen-bond donors (Lipinski definition) is 1. The van der Waals surface area contributed by atoms with Crippen LogP contribution in [0.25, 0.3) is 0 Å². The first kappa shape index (κ1) is 15.2. The van der Waals surface area contributed by atoms with Gasteiger partial charge in [-0.2, -0.15) is 0 Å². The van der Waals surface area contributed by atoms with Gasteiger partial charge in [0, 0.05) is 28.3 Å². The summed E-state index contributed by atoms with van der Waals surface area (Å²) >= 11 is 1.83. The Bertz CT molecular complexity index is 537. The van der Waals surface area contributed by atoms with E-state index in [1.165, 1.54) is 16.0 Å². The minimum absolute atomic E-state index is 0.315. The highest BCUT2D eigenvalue weighted by atomic mass is 32.1. The lowest BCUT2D eigenvalue weighted by Crippen LogP contribution is -2.25. The summed E-state index contributed by atoms with van der Waals surface area (Å²) < 4.78 is 0. The van der Waals surface area contributed by atoms with Crippen molar-refractivity contribution in [2.75, 3.05) is 0 Å². The number of aryl methyl sites for hydroxylation is 3. The maximum Gasteiger partial charge on any atom is 0.0426 e. The molecule has 0 radical (unpaired) electrons. The quantitative estimate of drug-likeness (QED) is 0.849. The number of nitrogens with zero attached hydrogens (tertiary/aromatic N) is 1. The lowest BCUT2D eigenvalue weighted by atomic mass is 9.99. The van der Waals surface area contributed by atoms with E-state index in [4.69, 9.17) is 0 Å². The van der Waals surface area contributed by atoms with Crippen LogP contribution in [-0.2, 0) is 0 Å². The molecule has 0 saturated heterocycles. The van der Waals surface area contributed by atoms with E-state index >= 15 is 0 Å². The molecule has 0 aromatic carbocycles. The summed E-state index contributed by atoms with van der Waals surface area (Å²) in [5.41, 5.74) is 4.91. The van der Waals surface area contributed by atoms with E-state index in [0.717, 1.165) is 17.8 Å². The largest absolute Gasteiger partial charge is 0.303 e. The SMILES string of the molecule is CCC(NC(C)c1c(C)cc(C)nc1C)c1cccs1. The number of pyridine rings is 1. The van der Waals surface area contributed by atoms with Crippen LogP contribution in [0.2, 0.25) is 0 Å². The highest BCUT2D eigenvalue weighted by Gasteiger charge is 2.18. The highest BCUT2D eigenvalue weighted by molar-refractivity contribution is 7.10. The van der Waals surface area contributed by atoms with Crippen molar-refractivity contribution in [3.8, 4) is 0 Å². The number of thiophene rings is 1. The molecular weight excluding hydrogens is 264 g/mol. The molecule has 0 amide bonds. The molecule has 2 heterocycles. The van der Waals surface area contributed by atoms with Crippen LogP contribution in [0.4, 0.5) is 0 Å². The van der Waals surface area contributed by atoms with Gasteiger partial charge < -0.3 is 5.32 Å². The lowest BCUT2D eigenvalue weighted by Gasteiger charge is -2.24.